The Morgan fingerprint density at radius 2 is 2.33 bits per heavy atom. The van der Waals surface area contributed by atoms with Crippen LogP contribution < -0.4 is 15.5 Å². The summed E-state index contributed by atoms with van der Waals surface area (Å²) < 4.78 is 1.05. The van der Waals surface area contributed by atoms with Gasteiger partial charge in [-0.15, -0.1) is 0 Å². The Labute approximate surface area is 116 Å². The predicted molar refractivity (Wildman–Crippen MR) is 76.7 cm³/mol. The smallest absolute Gasteiger partial charge is 0.239 e. The number of benzene rings is 1. The Balaban J connectivity index is 2.11. The first-order chi connectivity index (χ1) is 8.70. The fourth-order valence-corrected chi connectivity index (χ4v) is 2.71. The molecule has 0 atom stereocenters. The van der Waals surface area contributed by atoms with E-state index in [1.807, 2.05) is 0 Å². The summed E-state index contributed by atoms with van der Waals surface area (Å²) in [7, 11) is 0. The van der Waals surface area contributed by atoms with Crippen LogP contribution in [0.15, 0.2) is 22.7 Å². The molecule has 18 heavy (non-hydrogen) atoms. The van der Waals surface area contributed by atoms with E-state index in [9.17, 15) is 4.79 Å². The molecule has 1 fully saturated rings. The third kappa shape index (κ3) is 3.23. The topological polar surface area (TPSA) is 44.4 Å². The van der Waals surface area contributed by atoms with E-state index in [4.69, 9.17) is 0 Å². The molecule has 5 heteroatoms. The average Bonchev–Trinajstić information content (AvgIpc) is 2.36. The van der Waals surface area contributed by atoms with Crippen LogP contribution >= 0.6 is 15.9 Å². The molecule has 0 saturated carbocycles. The third-order valence-corrected chi connectivity index (χ3v) is 3.61. The highest BCUT2D eigenvalue weighted by molar-refractivity contribution is 9.10. The maximum atomic E-state index is 11.4. The van der Waals surface area contributed by atoms with E-state index >= 15 is 0 Å². The van der Waals surface area contributed by atoms with Crippen molar-refractivity contribution in [2.24, 2.45) is 0 Å². The number of halogens is 1. The SMILES string of the molecule is CCNCc1ccc(N2CCNC(=O)C2)c(Br)c1. The highest BCUT2D eigenvalue weighted by atomic mass is 79.9. The molecular formula is C13H18BrN3O. The second-order valence-electron chi connectivity index (χ2n) is 4.34. The minimum absolute atomic E-state index is 0.0878. The van der Waals surface area contributed by atoms with Crippen LogP contribution in [-0.2, 0) is 11.3 Å². The van der Waals surface area contributed by atoms with Gasteiger partial charge in [-0.2, -0.15) is 0 Å². The molecule has 1 heterocycles. The van der Waals surface area contributed by atoms with Gasteiger partial charge in [0.05, 0.1) is 12.2 Å². The fraction of sp³-hybridized carbons (Fsp3) is 0.462. The number of nitrogens with one attached hydrogen (secondary N) is 2. The lowest BCUT2D eigenvalue weighted by atomic mass is 10.2. The van der Waals surface area contributed by atoms with Crippen molar-refractivity contribution in [2.75, 3.05) is 31.1 Å². The summed E-state index contributed by atoms with van der Waals surface area (Å²) in [6.45, 7) is 5.93. The van der Waals surface area contributed by atoms with E-state index < -0.39 is 0 Å². The van der Waals surface area contributed by atoms with E-state index in [0.29, 0.717) is 13.1 Å². The predicted octanol–water partition coefficient (Wildman–Crippen LogP) is 1.49. The number of carbonyl (C=O) groups is 1. The molecule has 4 nitrogen and oxygen atoms in total. The third-order valence-electron chi connectivity index (χ3n) is 2.97. The van der Waals surface area contributed by atoms with Crippen LogP contribution in [0.5, 0.6) is 0 Å². The van der Waals surface area contributed by atoms with Gasteiger partial charge in [0, 0.05) is 24.1 Å². The number of piperazine rings is 1. The lowest BCUT2D eigenvalue weighted by molar-refractivity contribution is -0.120. The van der Waals surface area contributed by atoms with E-state index in [0.717, 1.165) is 29.8 Å². The number of hydrogen-bond acceptors (Lipinski definition) is 3. The van der Waals surface area contributed by atoms with Crippen molar-refractivity contribution in [2.45, 2.75) is 13.5 Å². The molecule has 0 bridgehead atoms. The van der Waals surface area contributed by atoms with Crippen LogP contribution in [0, 0.1) is 0 Å². The minimum Gasteiger partial charge on any atom is -0.360 e. The Kier molecular flexibility index (Phi) is 4.60. The molecule has 0 spiro atoms. The van der Waals surface area contributed by atoms with Crippen LogP contribution in [0.3, 0.4) is 0 Å². The molecule has 1 aromatic rings. The molecule has 1 aliphatic heterocycles. The first-order valence-corrected chi connectivity index (χ1v) is 7.01. The highest BCUT2D eigenvalue weighted by Gasteiger charge is 2.18. The van der Waals surface area contributed by atoms with Gasteiger partial charge >= 0.3 is 0 Å². The van der Waals surface area contributed by atoms with Crippen LogP contribution in [0.25, 0.3) is 0 Å². The molecule has 1 aromatic carbocycles. The number of anilines is 1. The summed E-state index contributed by atoms with van der Waals surface area (Å²) in [5, 5.41) is 6.13. The standard InChI is InChI=1S/C13H18BrN3O/c1-2-15-8-10-3-4-12(11(14)7-10)17-6-5-16-13(18)9-17/h3-4,7,15H,2,5-6,8-9H2,1H3,(H,16,18). The molecule has 1 saturated heterocycles. The molecule has 98 valence electrons. The fourth-order valence-electron chi connectivity index (χ4n) is 2.03. The van der Waals surface area contributed by atoms with Crippen LogP contribution in [0.2, 0.25) is 0 Å². The van der Waals surface area contributed by atoms with Crippen molar-refractivity contribution < 1.29 is 4.79 Å². The first-order valence-electron chi connectivity index (χ1n) is 6.21. The maximum Gasteiger partial charge on any atom is 0.239 e. The van der Waals surface area contributed by atoms with Gasteiger partial charge < -0.3 is 15.5 Å². The molecule has 1 amide bonds. The summed E-state index contributed by atoms with van der Waals surface area (Å²) in [5.41, 5.74) is 2.33. The minimum atomic E-state index is 0.0878. The van der Waals surface area contributed by atoms with Crippen molar-refractivity contribution in [1.82, 2.24) is 10.6 Å². The molecular weight excluding hydrogens is 294 g/mol. The zero-order valence-corrected chi connectivity index (χ0v) is 12.1. The van der Waals surface area contributed by atoms with Crippen molar-refractivity contribution in [3.8, 4) is 0 Å². The molecule has 2 rings (SSSR count). The monoisotopic (exact) mass is 311 g/mol. The van der Waals surface area contributed by atoms with Gasteiger partial charge in [0.25, 0.3) is 0 Å². The number of amides is 1. The summed E-state index contributed by atoms with van der Waals surface area (Å²) >= 11 is 3.59. The van der Waals surface area contributed by atoms with Gasteiger partial charge in [0.2, 0.25) is 5.91 Å². The number of nitrogens with zero attached hydrogens (tertiary/aromatic N) is 1. The molecule has 0 radical (unpaired) electrons. The molecule has 1 aliphatic rings. The molecule has 0 aliphatic carbocycles. The van der Waals surface area contributed by atoms with Gasteiger partial charge in [0.15, 0.2) is 0 Å². The maximum absolute atomic E-state index is 11.4. The van der Waals surface area contributed by atoms with Gasteiger partial charge in [-0.1, -0.05) is 13.0 Å². The summed E-state index contributed by atoms with van der Waals surface area (Å²) in [4.78, 5) is 13.5. The molecule has 2 N–H and O–H groups in total. The quantitative estimate of drug-likeness (QED) is 0.885. The summed E-state index contributed by atoms with van der Waals surface area (Å²) in [6, 6.07) is 6.30. The Hall–Kier alpha value is -1.07. The van der Waals surface area contributed by atoms with Gasteiger partial charge in [-0.05, 0) is 40.2 Å². The summed E-state index contributed by atoms with van der Waals surface area (Å²) in [6.07, 6.45) is 0. The molecule has 0 unspecified atom stereocenters. The van der Waals surface area contributed by atoms with Gasteiger partial charge in [-0.25, -0.2) is 0 Å². The largest absolute Gasteiger partial charge is 0.360 e. The van der Waals surface area contributed by atoms with Crippen LogP contribution in [0.4, 0.5) is 5.69 Å². The highest BCUT2D eigenvalue weighted by Crippen LogP contribution is 2.27. The van der Waals surface area contributed by atoms with Gasteiger partial charge in [-0.3, -0.25) is 4.79 Å². The molecule has 0 aromatic heterocycles. The van der Waals surface area contributed by atoms with Crippen LogP contribution in [-0.4, -0.2) is 32.1 Å². The average molecular weight is 312 g/mol. The number of rotatable bonds is 4. The lowest BCUT2D eigenvalue weighted by Gasteiger charge is -2.29. The van der Waals surface area contributed by atoms with Gasteiger partial charge in [0.1, 0.15) is 0 Å². The second kappa shape index (κ2) is 6.20. The van der Waals surface area contributed by atoms with E-state index in [1.165, 1.54) is 5.56 Å². The Morgan fingerprint density at radius 1 is 1.50 bits per heavy atom. The second-order valence-corrected chi connectivity index (χ2v) is 5.19. The Morgan fingerprint density at radius 3 is 3.00 bits per heavy atom. The van der Waals surface area contributed by atoms with Crippen LogP contribution in [0.1, 0.15) is 12.5 Å². The van der Waals surface area contributed by atoms with Crippen molar-refractivity contribution >= 4 is 27.5 Å². The number of carbonyl (C=O) groups excluding carboxylic acids is 1. The zero-order valence-electron chi connectivity index (χ0n) is 10.5. The summed E-state index contributed by atoms with van der Waals surface area (Å²) in [5.74, 6) is 0.0878. The normalized spacial score (nSPS) is 15.7. The van der Waals surface area contributed by atoms with Crippen molar-refractivity contribution in [1.29, 1.82) is 0 Å². The number of hydrogen-bond donors (Lipinski definition) is 2. The van der Waals surface area contributed by atoms with Crippen molar-refractivity contribution in [3.05, 3.63) is 28.2 Å². The van der Waals surface area contributed by atoms with Crippen molar-refractivity contribution in [3.63, 3.8) is 0 Å². The first kappa shape index (κ1) is 13.4. The zero-order chi connectivity index (χ0) is 13.0. The van der Waals surface area contributed by atoms with E-state index in [2.05, 4.69) is 56.6 Å². The van der Waals surface area contributed by atoms with E-state index in [-0.39, 0.29) is 5.91 Å². The lowest BCUT2D eigenvalue weighted by Crippen LogP contribution is -2.47. The Bertz CT molecular complexity index is 436. The van der Waals surface area contributed by atoms with E-state index in [1.54, 1.807) is 0 Å².